The standard InChI is InChI=1S/C13H15ClN2O/c1-8-4-9(2)13(12(14)5-8)16-6-11(7-17)10(3)15-16/h4-6,17H,7H2,1-3H3. The average Bonchev–Trinajstić information content (AvgIpc) is 2.57. The number of hydrogen-bond donors (Lipinski definition) is 1. The van der Waals surface area contributed by atoms with Crippen LogP contribution < -0.4 is 0 Å². The fourth-order valence-corrected chi connectivity index (χ4v) is 2.37. The lowest BCUT2D eigenvalue weighted by molar-refractivity contribution is 0.281. The van der Waals surface area contributed by atoms with Gasteiger partial charge in [0.15, 0.2) is 0 Å². The van der Waals surface area contributed by atoms with Gasteiger partial charge in [0.25, 0.3) is 0 Å². The Labute approximate surface area is 106 Å². The highest BCUT2D eigenvalue weighted by molar-refractivity contribution is 6.32. The molecular formula is C13H15ClN2O. The lowest BCUT2D eigenvalue weighted by Crippen LogP contribution is -1.99. The maximum absolute atomic E-state index is 9.18. The molecule has 1 aromatic carbocycles. The lowest BCUT2D eigenvalue weighted by atomic mass is 10.1. The van der Waals surface area contributed by atoms with E-state index in [0.717, 1.165) is 28.1 Å². The van der Waals surface area contributed by atoms with Gasteiger partial charge in [0.05, 0.1) is 23.0 Å². The summed E-state index contributed by atoms with van der Waals surface area (Å²) in [5.41, 5.74) is 4.72. The molecule has 0 saturated carbocycles. The number of aliphatic hydroxyl groups excluding tert-OH is 1. The Kier molecular flexibility index (Phi) is 3.22. The van der Waals surface area contributed by atoms with E-state index in [9.17, 15) is 5.11 Å². The minimum atomic E-state index is -0.00559. The topological polar surface area (TPSA) is 38.0 Å². The van der Waals surface area contributed by atoms with Crippen molar-refractivity contribution < 1.29 is 5.11 Å². The third-order valence-corrected chi connectivity index (χ3v) is 3.09. The van der Waals surface area contributed by atoms with E-state index in [2.05, 4.69) is 11.2 Å². The third-order valence-electron chi connectivity index (χ3n) is 2.80. The summed E-state index contributed by atoms with van der Waals surface area (Å²) in [7, 11) is 0. The van der Waals surface area contributed by atoms with Crippen molar-refractivity contribution in [1.29, 1.82) is 0 Å². The monoisotopic (exact) mass is 250 g/mol. The van der Waals surface area contributed by atoms with Gasteiger partial charge >= 0.3 is 0 Å². The maximum Gasteiger partial charge on any atom is 0.0861 e. The molecule has 0 spiro atoms. The van der Waals surface area contributed by atoms with E-state index >= 15 is 0 Å². The molecule has 0 amide bonds. The molecule has 0 atom stereocenters. The highest BCUT2D eigenvalue weighted by Gasteiger charge is 2.11. The zero-order valence-corrected chi connectivity index (χ0v) is 10.9. The smallest absolute Gasteiger partial charge is 0.0861 e. The van der Waals surface area contributed by atoms with Crippen molar-refractivity contribution in [2.45, 2.75) is 27.4 Å². The van der Waals surface area contributed by atoms with Gasteiger partial charge in [-0.1, -0.05) is 17.7 Å². The molecule has 3 nitrogen and oxygen atoms in total. The predicted octanol–water partition coefficient (Wildman–Crippen LogP) is 2.94. The van der Waals surface area contributed by atoms with E-state index < -0.39 is 0 Å². The fourth-order valence-electron chi connectivity index (χ4n) is 1.96. The second kappa shape index (κ2) is 4.51. The molecule has 4 heteroatoms. The van der Waals surface area contributed by atoms with E-state index in [4.69, 9.17) is 11.6 Å². The number of aromatic nitrogens is 2. The van der Waals surface area contributed by atoms with E-state index in [1.54, 1.807) is 4.68 Å². The minimum absolute atomic E-state index is 0.00559. The highest BCUT2D eigenvalue weighted by Crippen LogP contribution is 2.26. The Morgan fingerprint density at radius 2 is 2.00 bits per heavy atom. The summed E-state index contributed by atoms with van der Waals surface area (Å²) in [5.74, 6) is 0. The summed E-state index contributed by atoms with van der Waals surface area (Å²) in [6, 6.07) is 3.98. The number of aliphatic hydroxyl groups is 1. The molecule has 0 aliphatic heterocycles. The number of aryl methyl sites for hydroxylation is 3. The highest BCUT2D eigenvalue weighted by atomic mass is 35.5. The molecule has 0 fully saturated rings. The summed E-state index contributed by atoms with van der Waals surface area (Å²) in [4.78, 5) is 0. The quantitative estimate of drug-likeness (QED) is 0.890. The summed E-state index contributed by atoms with van der Waals surface area (Å²) in [6.45, 7) is 5.88. The number of nitrogens with zero attached hydrogens (tertiary/aromatic N) is 2. The van der Waals surface area contributed by atoms with Gasteiger partial charge in [0, 0.05) is 11.8 Å². The van der Waals surface area contributed by atoms with E-state index in [1.165, 1.54) is 0 Å². The normalized spacial score (nSPS) is 10.9. The molecule has 17 heavy (non-hydrogen) atoms. The second-order valence-corrected chi connectivity index (χ2v) is 4.66. The average molecular weight is 251 g/mol. The van der Waals surface area contributed by atoms with Crippen molar-refractivity contribution in [2.24, 2.45) is 0 Å². The van der Waals surface area contributed by atoms with Gasteiger partial charge in [-0.25, -0.2) is 4.68 Å². The summed E-state index contributed by atoms with van der Waals surface area (Å²) in [6.07, 6.45) is 1.82. The lowest BCUT2D eigenvalue weighted by Gasteiger charge is -2.09. The second-order valence-electron chi connectivity index (χ2n) is 4.25. The summed E-state index contributed by atoms with van der Waals surface area (Å²) < 4.78 is 1.73. The van der Waals surface area contributed by atoms with E-state index in [0.29, 0.717) is 5.02 Å². The van der Waals surface area contributed by atoms with Gasteiger partial charge in [-0.3, -0.25) is 0 Å². The zero-order chi connectivity index (χ0) is 12.6. The first-order valence-electron chi connectivity index (χ1n) is 5.46. The number of benzene rings is 1. The van der Waals surface area contributed by atoms with Crippen molar-refractivity contribution in [2.75, 3.05) is 0 Å². The predicted molar refractivity (Wildman–Crippen MR) is 68.7 cm³/mol. The van der Waals surface area contributed by atoms with Crippen LogP contribution in [0, 0.1) is 20.8 Å². The summed E-state index contributed by atoms with van der Waals surface area (Å²) in [5, 5.41) is 14.2. The molecule has 1 N–H and O–H groups in total. The van der Waals surface area contributed by atoms with Gasteiger partial charge in [0.1, 0.15) is 0 Å². The molecule has 0 bridgehead atoms. The molecule has 0 aliphatic carbocycles. The molecule has 0 saturated heterocycles. The largest absolute Gasteiger partial charge is 0.392 e. The van der Waals surface area contributed by atoms with Crippen molar-refractivity contribution in [3.05, 3.63) is 45.7 Å². The first kappa shape index (κ1) is 12.1. The number of hydrogen-bond acceptors (Lipinski definition) is 2. The Hall–Kier alpha value is -1.32. The van der Waals surface area contributed by atoms with Crippen LogP contribution in [-0.4, -0.2) is 14.9 Å². The van der Waals surface area contributed by atoms with E-state index in [-0.39, 0.29) is 6.61 Å². The van der Waals surface area contributed by atoms with Crippen molar-refractivity contribution in [3.8, 4) is 5.69 Å². The molecule has 1 aromatic heterocycles. The van der Waals surface area contributed by atoms with Crippen LogP contribution in [0.1, 0.15) is 22.4 Å². The first-order chi connectivity index (χ1) is 8.02. The molecule has 0 unspecified atom stereocenters. The van der Waals surface area contributed by atoms with Gasteiger partial charge in [-0.15, -0.1) is 0 Å². The van der Waals surface area contributed by atoms with Gasteiger partial charge < -0.3 is 5.11 Å². The first-order valence-corrected chi connectivity index (χ1v) is 5.84. The molecular weight excluding hydrogens is 236 g/mol. The van der Waals surface area contributed by atoms with Crippen molar-refractivity contribution >= 4 is 11.6 Å². The Balaban J connectivity index is 2.60. The Morgan fingerprint density at radius 3 is 2.53 bits per heavy atom. The van der Waals surface area contributed by atoms with Crippen LogP contribution in [0.15, 0.2) is 18.3 Å². The fraction of sp³-hybridized carbons (Fsp3) is 0.308. The molecule has 0 aliphatic rings. The number of rotatable bonds is 2. The van der Waals surface area contributed by atoms with Gasteiger partial charge in [-0.2, -0.15) is 5.10 Å². The zero-order valence-electron chi connectivity index (χ0n) is 10.2. The third kappa shape index (κ3) is 2.21. The Morgan fingerprint density at radius 1 is 1.29 bits per heavy atom. The van der Waals surface area contributed by atoms with Crippen molar-refractivity contribution in [1.82, 2.24) is 9.78 Å². The SMILES string of the molecule is Cc1cc(C)c(-n2cc(CO)c(C)n2)c(Cl)c1. The van der Waals surface area contributed by atoms with Crippen LogP contribution in [0.4, 0.5) is 0 Å². The minimum Gasteiger partial charge on any atom is -0.392 e. The van der Waals surface area contributed by atoms with E-state index in [1.807, 2.05) is 33.0 Å². The van der Waals surface area contributed by atoms with Crippen LogP contribution in [0.5, 0.6) is 0 Å². The van der Waals surface area contributed by atoms with Crippen LogP contribution in [0.25, 0.3) is 5.69 Å². The maximum atomic E-state index is 9.18. The van der Waals surface area contributed by atoms with Gasteiger partial charge in [0.2, 0.25) is 0 Å². The summed E-state index contributed by atoms with van der Waals surface area (Å²) >= 11 is 6.25. The number of halogens is 1. The molecule has 1 heterocycles. The van der Waals surface area contributed by atoms with Crippen LogP contribution in [0.2, 0.25) is 5.02 Å². The molecule has 0 radical (unpaired) electrons. The molecule has 2 rings (SSSR count). The Bertz CT molecular complexity index is 538. The molecule has 2 aromatic rings. The van der Waals surface area contributed by atoms with Crippen LogP contribution in [0.3, 0.4) is 0 Å². The molecule has 90 valence electrons. The van der Waals surface area contributed by atoms with Crippen LogP contribution in [-0.2, 0) is 6.61 Å². The van der Waals surface area contributed by atoms with Crippen LogP contribution >= 0.6 is 11.6 Å². The van der Waals surface area contributed by atoms with Crippen molar-refractivity contribution in [3.63, 3.8) is 0 Å². The van der Waals surface area contributed by atoms with Gasteiger partial charge in [-0.05, 0) is 38.0 Å².